The number of nitrogens with one attached hydrogen (secondary N) is 1. The third-order valence-corrected chi connectivity index (χ3v) is 3.35. The van der Waals surface area contributed by atoms with E-state index >= 15 is 0 Å². The summed E-state index contributed by atoms with van der Waals surface area (Å²) in [7, 11) is 1.35. The Morgan fingerprint density at radius 3 is 2.75 bits per heavy atom. The number of amides is 3. The van der Waals surface area contributed by atoms with Crippen LogP contribution in [0.4, 0.5) is 9.18 Å². The van der Waals surface area contributed by atoms with Gasteiger partial charge in [-0.1, -0.05) is 6.07 Å². The minimum absolute atomic E-state index is 0.0952. The smallest absolute Gasteiger partial charge is 0.331 e. The van der Waals surface area contributed by atoms with Gasteiger partial charge in [0.05, 0.1) is 7.11 Å². The van der Waals surface area contributed by atoms with Crippen LogP contribution in [0.5, 0.6) is 5.75 Å². The Labute approximate surface area is 138 Å². The van der Waals surface area contributed by atoms with Gasteiger partial charge in [0.2, 0.25) is 0 Å². The molecule has 7 nitrogen and oxygen atoms in total. The number of rotatable bonds is 5. The van der Waals surface area contributed by atoms with Gasteiger partial charge >= 0.3 is 12.0 Å². The van der Waals surface area contributed by atoms with Crippen LogP contribution in [0, 0.1) is 5.82 Å². The lowest BCUT2D eigenvalue weighted by Crippen LogP contribution is -2.41. The number of methoxy groups -OCH3 is 1. The number of carbonyl (C=O) groups is 3. The molecule has 0 aliphatic carbocycles. The van der Waals surface area contributed by atoms with Gasteiger partial charge in [-0.2, -0.15) is 0 Å². The van der Waals surface area contributed by atoms with E-state index in [1.807, 2.05) is 0 Å². The molecule has 3 amide bonds. The number of esters is 1. The maximum absolute atomic E-state index is 13.5. The SMILES string of the molecule is COc1ccc(/C=C/C(=O)O[C@@H](C)C(=O)N2CCNC2=O)cc1F. The number of nitrogens with zero attached hydrogens (tertiary/aromatic N) is 1. The van der Waals surface area contributed by atoms with Crippen LogP contribution in [-0.2, 0) is 14.3 Å². The topological polar surface area (TPSA) is 84.9 Å². The lowest BCUT2D eigenvalue weighted by atomic mass is 10.2. The highest BCUT2D eigenvalue weighted by molar-refractivity contribution is 5.99. The van der Waals surface area contributed by atoms with Crippen molar-refractivity contribution in [3.05, 3.63) is 35.7 Å². The summed E-state index contributed by atoms with van der Waals surface area (Å²) < 4.78 is 23.3. The molecule has 8 heteroatoms. The summed E-state index contributed by atoms with van der Waals surface area (Å²) in [5.74, 6) is -1.83. The van der Waals surface area contributed by atoms with E-state index in [0.717, 1.165) is 11.0 Å². The predicted octanol–water partition coefficient (Wildman–Crippen LogP) is 1.33. The fourth-order valence-corrected chi connectivity index (χ4v) is 2.12. The molecule has 0 unspecified atom stereocenters. The summed E-state index contributed by atoms with van der Waals surface area (Å²) in [5, 5.41) is 2.49. The third-order valence-electron chi connectivity index (χ3n) is 3.35. The van der Waals surface area contributed by atoms with Crippen LogP contribution in [-0.4, -0.2) is 49.1 Å². The summed E-state index contributed by atoms with van der Waals surface area (Å²) in [6.45, 7) is 1.99. The lowest BCUT2D eigenvalue weighted by Gasteiger charge is -2.17. The first-order valence-electron chi connectivity index (χ1n) is 7.24. The molecule has 0 radical (unpaired) electrons. The molecule has 2 rings (SSSR count). The normalized spacial score (nSPS) is 15.3. The highest BCUT2D eigenvalue weighted by Gasteiger charge is 2.31. The summed E-state index contributed by atoms with van der Waals surface area (Å²) in [6, 6.07) is 3.69. The average Bonchev–Trinajstić information content (AvgIpc) is 2.98. The van der Waals surface area contributed by atoms with Crippen molar-refractivity contribution < 1.29 is 28.2 Å². The molecule has 0 spiro atoms. The van der Waals surface area contributed by atoms with E-state index in [0.29, 0.717) is 12.1 Å². The first-order valence-corrected chi connectivity index (χ1v) is 7.24. The number of ether oxygens (including phenoxy) is 2. The molecule has 1 atom stereocenters. The minimum Gasteiger partial charge on any atom is -0.494 e. The van der Waals surface area contributed by atoms with Gasteiger partial charge in [-0.25, -0.2) is 14.0 Å². The minimum atomic E-state index is -1.10. The molecule has 1 aliphatic rings. The van der Waals surface area contributed by atoms with E-state index < -0.39 is 29.8 Å². The monoisotopic (exact) mass is 336 g/mol. The fraction of sp³-hybridized carbons (Fsp3) is 0.312. The van der Waals surface area contributed by atoms with Crippen LogP contribution in [0.15, 0.2) is 24.3 Å². The van der Waals surface area contributed by atoms with Crippen molar-refractivity contribution >= 4 is 24.0 Å². The largest absolute Gasteiger partial charge is 0.494 e. The number of benzene rings is 1. The Balaban J connectivity index is 1.93. The average molecular weight is 336 g/mol. The van der Waals surface area contributed by atoms with Gasteiger partial charge in [0.1, 0.15) is 0 Å². The quantitative estimate of drug-likeness (QED) is 0.648. The van der Waals surface area contributed by atoms with Crippen molar-refractivity contribution in [1.29, 1.82) is 0 Å². The van der Waals surface area contributed by atoms with E-state index in [1.54, 1.807) is 6.07 Å². The Kier molecular flexibility index (Phi) is 5.51. The zero-order valence-corrected chi connectivity index (χ0v) is 13.2. The molecule has 1 saturated heterocycles. The summed E-state index contributed by atoms with van der Waals surface area (Å²) in [5.41, 5.74) is 0.433. The maximum atomic E-state index is 13.5. The van der Waals surface area contributed by atoms with Crippen molar-refractivity contribution in [1.82, 2.24) is 10.2 Å². The Morgan fingerprint density at radius 1 is 1.42 bits per heavy atom. The second-order valence-corrected chi connectivity index (χ2v) is 5.03. The van der Waals surface area contributed by atoms with Crippen molar-refractivity contribution in [2.75, 3.05) is 20.2 Å². The molecule has 1 aromatic carbocycles. The Bertz CT molecular complexity index is 689. The van der Waals surface area contributed by atoms with Gasteiger partial charge < -0.3 is 14.8 Å². The van der Waals surface area contributed by atoms with Crippen LogP contribution >= 0.6 is 0 Å². The zero-order valence-electron chi connectivity index (χ0n) is 13.2. The van der Waals surface area contributed by atoms with E-state index in [9.17, 15) is 18.8 Å². The van der Waals surface area contributed by atoms with Gasteiger partial charge in [-0.3, -0.25) is 9.69 Å². The lowest BCUT2D eigenvalue weighted by molar-refractivity contribution is -0.153. The molecule has 0 aromatic heterocycles. The number of imide groups is 1. The van der Waals surface area contributed by atoms with Crippen molar-refractivity contribution in [3.63, 3.8) is 0 Å². The third kappa shape index (κ3) is 4.09. The van der Waals surface area contributed by atoms with Crippen LogP contribution in [0.25, 0.3) is 6.08 Å². The van der Waals surface area contributed by atoms with Gasteiger partial charge in [-0.05, 0) is 30.7 Å². The van der Waals surface area contributed by atoms with Crippen molar-refractivity contribution in [3.8, 4) is 5.75 Å². The van der Waals surface area contributed by atoms with E-state index in [4.69, 9.17) is 9.47 Å². The molecule has 24 heavy (non-hydrogen) atoms. The van der Waals surface area contributed by atoms with E-state index in [1.165, 1.54) is 32.2 Å². The molecular weight excluding hydrogens is 319 g/mol. The highest BCUT2D eigenvalue weighted by atomic mass is 19.1. The van der Waals surface area contributed by atoms with Gasteiger partial charge in [0.25, 0.3) is 5.91 Å². The number of carbonyl (C=O) groups excluding carboxylic acids is 3. The van der Waals surface area contributed by atoms with Gasteiger partial charge in [0, 0.05) is 19.2 Å². The van der Waals surface area contributed by atoms with Crippen molar-refractivity contribution in [2.24, 2.45) is 0 Å². The predicted molar refractivity (Wildman–Crippen MR) is 82.7 cm³/mol. The molecule has 1 heterocycles. The van der Waals surface area contributed by atoms with Crippen molar-refractivity contribution in [2.45, 2.75) is 13.0 Å². The second-order valence-electron chi connectivity index (χ2n) is 5.03. The summed E-state index contributed by atoms with van der Waals surface area (Å²) in [4.78, 5) is 36.1. The summed E-state index contributed by atoms with van der Waals surface area (Å²) >= 11 is 0. The van der Waals surface area contributed by atoms with Crippen LogP contribution < -0.4 is 10.1 Å². The second kappa shape index (κ2) is 7.58. The molecule has 1 N–H and O–H groups in total. The molecule has 0 saturated carbocycles. The molecule has 1 fully saturated rings. The van der Waals surface area contributed by atoms with E-state index in [-0.39, 0.29) is 12.3 Å². The first kappa shape index (κ1) is 17.5. The molecule has 1 aliphatic heterocycles. The fourth-order valence-electron chi connectivity index (χ4n) is 2.12. The summed E-state index contributed by atoms with van der Waals surface area (Å²) in [6.07, 6.45) is 1.33. The van der Waals surface area contributed by atoms with E-state index in [2.05, 4.69) is 5.32 Å². The highest BCUT2D eigenvalue weighted by Crippen LogP contribution is 2.18. The number of urea groups is 1. The number of hydrogen-bond acceptors (Lipinski definition) is 5. The Hall–Kier alpha value is -2.90. The standard InChI is InChI=1S/C16H17FN2O5/c1-10(15(21)19-8-7-18-16(19)22)24-14(20)6-4-11-3-5-13(23-2)12(17)9-11/h3-6,9-10H,7-8H2,1-2H3,(H,18,22)/b6-4+/t10-/m0/s1. The maximum Gasteiger partial charge on any atom is 0.331 e. The van der Waals surface area contributed by atoms with Gasteiger partial charge in [-0.15, -0.1) is 0 Å². The molecular formula is C16H17FN2O5. The van der Waals surface area contributed by atoms with Crippen LogP contribution in [0.1, 0.15) is 12.5 Å². The number of halogens is 1. The van der Waals surface area contributed by atoms with Gasteiger partial charge in [0.15, 0.2) is 17.7 Å². The first-order chi connectivity index (χ1) is 11.4. The molecule has 128 valence electrons. The molecule has 1 aromatic rings. The van der Waals surface area contributed by atoms with Crippen LogP contribution in [0.2, 0.25) is 0 Å². The van der Waals surface area contributed by atoms with Crippen LogP contribution in [0.3, 0.4) is 0 Å². The molecule has 0 bridgehead atoms. The zero-order chi connectivity index (χ0) is 17.7. The number of hydrogen-bond donors (Lipinski definition) is 1. The Morgan fingerprint density at radius 2 is 2.17 bits per heavy atom.